The van der Waals surface area contributed by atoms with Crippen LogP contribution in [-0.2, 0) is 4.74 Å². The lowest BCUT2D eigenvalue weighted by atomic mass is 10.0. The maximum atomic E-state index is 11.6. The second-order valence-corrected chi connectivity index (χ2v) is 4.10. The number of nitrogens with two attached hydrogens (primary N) is 1. The predicted octanol–water partition coefficient (Wildman–Crippen LogP) is -0.284. The summed E-state index contributed by atoms with van der Waals surface area (Å²) in [5.74, 6) is 0.471. The third-order valence-electron chi connectivity index (χ3n) is 3.06. The smallest absolute Gasteiger partial charge is 0.330 e. The Morgan fingerprint density at radius 1 is 1.62 bits per heavy atom. The molecule has 2 atom stereocenters. The van der Waals surface area contributed by atoms with Crippen molar-refractivity contribution in [2.45, 2.75) is 19.4 Å². The molecule has 2 unspecified atom stereocenters. The first-order chi connectivity index (χ1) is 7.59. The quantitative estimate of drug-likeness (QED) is 0.724. The number of anilines is 1. The molecule has 88 valence electrons. The third kappa shape index (κ3) is 1.88. The van der Waals surface area contributed by atoms with Gasteiger partial charge in [-0.25, -0.2) is 4.79 Å². The van der Waals surface area contributed by atoms with Crippen LogP contribution in [0.2, 0.25) is 0 Å². The number of aromatic amines is 1. The van der Waals surface area contributed by atoms with E-state index in [2.05, 4.69) is 4.98 Å². The number of aromatic nitrogens is 2. The van der Waals surface area contributed by atoms with Crippen LogP contribution in [0.3, 0.4) is 0 Å². The van der Waals surface area contributed by atoms with Crippen LogP contribution < -0.4 is 17.0 Å². The van der Waals surface area contributed by atoms with Crippen LogP contribution in [0.1, 0.15) is 19.4 Å². The van der Waals surface area contributed by atoms with E-state index in [4.69, 9.17) is 10.5 Å². The minimum Gasteiger partial charge on any atom is -0.385 e. The Morgan fingerprint density at radius 2 is 2.38 bits per heavy atom. The molecule has 2 heterocycles. The first-order valence-corrected chi connectivity index (χ1v) is 5.28. The molecule has 1 fully saturated rings. The summed E-state index contributed by atoms with van der Waals surface area (Å²) in [6.45, 7) is 3.26. The van der Waals surface area contributed by atoms with Crippen LogP contribution >= 0.6 is 0 Å². The van der Waals surface area contributed by atoms with E-state index in [0.717, 1.165) is 6.42 Å². The zero-order valence-corrected chi connectivity index (χ0v) is 9.10. The van der Waals surface area contributed by atoms with Gasteiger partial charge in [0.2, 0.25) is 0 Å². The molecule has 0 bridgehead atoms. The minimum absolute atomic E-state index is 0.0631. The third-order valence-corrected chi connectivity index (χ3v) is 3.06. The Bertz CT molecular complexity index is 485. The summed E-state index contributed by atoms with van der Waals surface area (Å²) in [5.41, 5.74) is 4.77. The topological polar surface area (TPSA) is 90.1 Å². The molecule has 0 saturated carbocycles. The summed E-state index contributed by atoms with van der Waals surface area (Å²) in [7, 11) is 0. The molecule has 0 aliphatic carbocycles. The molecule has 0 amide bonds. The standard InChI is InChI=1S/C10H15N3O3/c1-6(7-2-3-16-5-7)13-8(11)4-9(14)12-10(13)15/h4,6-7H,2-3,5,11H2,1H3,(H,12,14,15). The SMILES string of the molecule is CC(C1CCOC1)n1c(N)cc(=O)[nH]c1=O. The normalized spacial score (nSPS) is 22.2. The van der Waals surface area contributed by atoms with Gasteiger partial charge in [-0.3, -0.25) is 14.3 Å². The molecule has 0 spiro atoms. The Balaban J connectivity index is 2.39. The molecule has 6 heteroatoms. The van der Waals surface area contributed by atoms with E-state index in [9.17, 15) is 9.59 Å². The minimum atomic E-state index is -0.464. The highest BCUT2D eigenvalue weighted by molar-refractivity contribution is 5.27. The number of rotatable bonds is 2. The van der Waals surface area contributed by atoms with Gasteiger partial charge in [-0.1, -0.05) is 0 Å². The molecular weight excluding hydrogens is 210 g/mol. The molecule has 1 aliphatic rings. The number of nitrogens with zero attached hydrogens (tertiary/aromatic N) is 1. The van der Waals surface area contributed by atoms with E-state index in [1.54, 1.807) is 0 Å². The lowest BCUT2D eigenvalue weighted by Gasteiger charge is -2.21. The molecule has 1 aliphatic heterocycles. The second-order valence-electron chi connectivity index (χ2n) is 4.10. The predicted molar refractivity (Wildman–Crippen MR) is 59.4 cm³/mol. The van der Waals surface area contributed by atoms with Crippen molar-refractivity contribution in [3.8, 4) is 0 Å². The number of nitrogen functional groups attached to an aromatic ring is 1. The van der Waals surface area contributed by atoms with E-state index < -0.39 is 11.2 Å². The van der Waals surface area contributed by atoms with Crippen molar-refractivity contribution in [2.75, 3.05) is 18.9 Å². The van der Waals surface area contributed by atoms with Crippen LogP contribution in [0.15, 0.2) is 15.7 Å². The fraction of sp³-hybridized carbons (Fsp3) is 0.600. The molecule has 16 heavy (non-hydrogen) atoms. The average Bonchev–Trinajstić information content (AvgIpc) is 2.67. The van der Waals surface area contributed by atoms with Gasteiger partial charge in [-0.05, 0) is 13.3 Å². The average molecular weight is 225 g/mol. The molecule has 3 N–H and O–H groups in total. The number of nitrogens with one attached hydrogen (secondary N) is 1. The van der Waals surface area contributed by atoms with Crippen molar-refractivity contribution in [1.82, 2.24) is 9.55 Å². The lowest BCUT2D eigenvalue weighted by Crippen LogP contribution is -2.35. The zero-order valence-electron chi connectivity index (χ0n) is 9.10. The number of H-pyrrole nitrogens is 1. The van der Waals surface area contributed by atoms with E-state index >= 15 is 0 Å². The lowest BCUT2D eigenvalue weighted by molar-refractivity contribution is 0.174. The number of hydrogen-bond acceptors (Lipinski definition) is 4. The van der Waals surface area contributed by atoms with Crippen LogP contribution in [0, 0.1) is 5.92 Å². The Labute approximate surface area is 92.0 Å². The Morgan fingerprint density at radius 3 is 2.94 bits per heavy atom. The summed E-state index contributed by atoms with van der Waals surface area (Å²) in [4.78, 5) is 24.9. The molecule has 1 aromatic heterocycles. The zero-order chi connectivity index (χ0) is 11.7. The van der Waals surface area contributed by atoms with Crippen molar-refractivity contribution >= 4 is 5.82 Å². The number of ether oxygens (including phenoxy) is 1. The van der Waals surface area contributed by atoms with Gasteiger partial charge >= 0.3 is 5.69 Å². The van der Waals surface area contributed by atoms with Gasteiger partial charge in [-0.15, -0.1) is 0 Å². The molecule has 1 aromatic rings. The van der Waals surface area contributed by atoms with Gasteiger partial charge in [0.1, 0.15) is 5.82 Å². The van der Waals surface area contributed by atoms with E-state index in [0.29, 0.717) is 13.2 Å². The summed E-state index contributed by atoms with van der Waals surface area (Å²) in [5, 5.41) is 0. The van der Waals surface area contributed by atoms with Gasteiger partial charge in [-0.2, -0.15) is 0 Å². The second kappa shape index (κ2) is 4.13. The highest BCUT2D eigenvalue weighted by Gasteiger charge is 2.25. The van der Waals surface area contributed by atoms with Crippen molar-refractivity contribution in [3.63, 3.8) is 0 Å². The van der Waals surface area contributed by atoms with Gasteiger partial charge < -0.3 is 10.5 Å². The maximum absolute atomic E-state index is 11.6. The van der Waals surface area contributed by atoms with Crippen LogP contribution in [-0.4, -0.2) is 22.8 Å². The van der Waals surface area contributed by atoms with Crippen molar-refractivity contribution < 1.29 is 4.74 Å². The highest BCUT2D eigenvalue weighted by Crippen LogP contribution is 2.25. The van der Waals surface area contributed by atoms with E-state index in [1.165, 1.54) is 10.6 Å². The highest BCUT2D eigenvalue weighted by atomic mass is 16.5. The Hall–Kier alpha value is -1.56. The van der Waals surface area contributed by atoms with Gasteiger partial charge in [0.15, 0.2) is 0 Å². The van der Waals surface area contributed by atoms with Crippen molar-refractivity contribution in [1.29, 1.82) is 0 Å². The molecule has 0 aromatic carbocycles. The number of hydrogen-bond donors (Lipinski definition) is 2. The monoisotopic (exact) mass is 225 g/mol. The fourth-order valence-corrected chi connectivity index (χ4v) is 2.09. The van der Waals surface area contributed by atoms with E-state index in [-0.39, 0.29) is 17.8 Å². The van der Waals surface area contributed by atoms with Crippen molar-refractivity contribution in [3.05, 3.63) is 26.9 Å². The Kier molecular flexibility index (Phi) is 2.82. The van der Waals surface area contributed by atoms with Crippen LogP contribution in [0.25, 0.3) is 0 Å². The van der Waals surface area contributed by atoms with Crippen LogP contribution in [0.4, 0.5) is 5.82 Å². The van der Waals surface area contributed by atoms with Crippen molar-refractivity contribution in [2.24, 2.45) is 5.92 Å². The summed E-state index contributed by atoms with van der Waals surface area (Å²) in [6, 6.07) is 1.17. The first-order valence-electron chi connectivity index (χ1n) is 5.28. The molecular formula is C10H15N3O3. The molecule has 2 rings (SSSR count). The molecule has 6 nitrogen and oxygen atoms in total. The molecule has 0 radical (unpaired) electrons. The summed E-state index contributed by atoms with van der Waals surface area (Å²) >= 11 is 0. The first kappa shape index (κ1) is 10.9. The van der Waals surface area contributed by atoms with Crippen LogP contribution in [0.5, 0.6) is 0 Å². The molecule has 1 saturated heterocycles. The van der Waals surface area contributed by atoms with E-state index in [1.807, 2.05) is 6.92 Å². The summed E-state index contributed by atoms with van der Waals surface area (Å²) in [6.07, 6.45) is 0.909. The largest absolute Gasteiger partial charge is 0.385 e. The fourth-order valence-electron chi connectivity index (χ4n) is 2.09. The van der Waals surface area contributed by atoms with Gasteiger partial charge in [0.05, 0.1) is 6.61 Å². The maximum Gasteiger partial charge on any atom is 0.330 e. The van der Waals surface area contributed by atoms with Gasteiger partial charge in [0.25, 0.3) is 5.56 Å². The van der Waals surface area contributed by atoms with Gasteiger partial charge in [0, 0.05) is 24.6 Å². The summed E-state index contributed by atoms with van der Waals surface area (Å²) < 4.78 is 6.69.